The van der Waals surface area contributed by atoms with Gasteiger partial charge in [0, 0.05) is 35.2 Å². The molecular formula is C18H17ClN6O2S. The zero-order valence-corrected chi connectivity index (χ0v) is 16.5. The number of urea groups is 1. The van der Waals surface area contributed by atoms with E-state index in [-0.39, 0.29) is 5.75 Å². The number of amides is 3. The molecule has 3 aromatic rings. The Bertz CT molecular complexity index is 962. The van der Waals surface area contributed by atoms with Gasteiger partial charge in [0.15, 0.2) is 11.0 Å². The molecule has 0 atom stereocenters. The van der Waals surface area contributed by atoms with Crippen LogP contribution in [0.3, 0.4) is 0 Å². The Morgan fingerprint density at radius 1 is 1.11 bits per heavy atom. The standard InChI is InChI=1S/C18H17ClN6O2S/c1-2-21-17(27)22-15(26)11-28-18-24-23-16(12-7-9-20-10-8-12)25(18)14-5-3-13(19)4-6-14/h3-10H,2,11H2,1H3,(H2,21,22,26,27). The van der Waals surface area contributed by atoms with Crippen LogP contribution in [0.1, 0.15) is 6.92 Å². The van der Waals surface area contributed by atoms with Crippen LogP contribution in [-0.2, 0) is 4.79 Å². The second-order valence-electron chi connectivity index (χ2n) is 5.55. The number of imide groups is 1. The zero-order chi connectivity index (χ0) is 19.9. The van der Waals surface area contributed by atoms with Crippen molar-refractivity contribution in [3.05, 3.63) is 53.8 Å². The van der Waals surface area contributed by atoms with Gasteiger partial charge in [-0.3, -0.25) is 19.7 Å². The van der Waals surface area contributed by atoms with Crippen LogP contribution in [-0.4, -0.2) is 44.0 Å². The molecule has 0 aliphatic carbocycles. The molecule has 0 spiro atoms. The van der Waals surface area contributed by atoms with Gasteiger partial charge < -0.3 is 5.32 Å². The van der Waals surface area contributed by atoms with Crippen LogP contribution < -0.4 is 10.6 Å². The minimum atomic E-state index is -0.523. The monoisotopic (exact) mass is 416 g/mol. The van der Waals surface area contributed by atoms with Gasteiger partial charge in [-0.2, -0.15) is 0 Å². The predicted molar refractivity (Wildman–Crippen MR) is 108 cm³/mol. The maximum atomic E-state index is 12.0. The van der Waals surface area contributed by atoms with E-state index in [9.17, 15) is 9.59 Å². The molecule has 0 fully saturated rings. The average Bonchev–Trinajstić information content (AvgIpc) is 3.12. The summed E-state index contributed by atoms with van der Waals surface area (Å²) in [7, 11) is 0. The number of thioether (sulfide) groups is 1. The molecule has 3 amide bonds. The molecule has 0 radical (unpaired) electrons. The predicted octanol–water partition coefficient (Wildman–Crippen LogP) is 2.92. The molecule has 0 bridgehead atoms. The Kier molecular flexibility index (Phi) is 6.62. The lowest BCUT2D eigenvalue weighted by molar-refractivity contribution is -0.117. The van der Waals surface area contributed by atoms with Crippen molar-refractivity contribution in [3.8, 4) is 17.1 Å². The zero-order valence-electron chi connectivity index (χ0n) is 14.9. The number of halogens is 1. The fourth-order valence-electron chi connectivity index (χ4n) is 2.37. The van der Waals surface area contributed by atoms with E-state index >= 15 is 0 Å². The molecule has 0 saturated heterocycles. The summed E-state index contributed by atoms with van der Waals surface area (Å²) in [6.45, 7) is 2.21. The third-order valence-corrected chi connectivity index (χ3v) is 4.76. The maximum Gasteiger partial charge on any atom is 0.321 e. The molecule has 8 nitrogen and oxygen atoms in total. The van der Waals surface area contributed by atoms with Crippen LogP contribution in [0.2, 0.25) is 5.02 Å². The Morgan fingerprint density at radius 2 is 1.82 bits per heavy atom. The summed E-state index contributed by atoms with van der Waals surface area (Å²) < 4.78 is 1.83. The summed E-state index contributed by atoms with van der Waals surface area (Å²) in [5, 5.41) is 14.4. The SMILES string of the molecule is CCNC(=O)NC(=O)CSc1nnc(-c2ccncc2)n1-c1ccc(Cl)cc1. The van der Waals surface area contributed by atoms with E-state index in [0.717, 1.165) is 11.3 Å². The number of carbonyl (C=O) groups excluding carboxylic acids is 2. The minimum absolute atomic E-state index is 0.0131. The number of hydrogen-bond acceptors (Lipinski definition) is 6. The smallest absolute Gasteiger partial charge is 0.321 e. The summed E-state index contributed by atoms with van der Waals surface area (Å²) in [4.78, 5) is 27.5. The largest absolute Gasteiger partial charge is 0.338 e. The Labute approximate surface area is 170 Å². The molecule has 3 rings (SSSR count). The average molecular weight is 417 g/mol. The van der Waals surface area contributed by atoms with Crippen LogP contribution in [0, 0.1) is 0 Å². The molecule has 0 aliphatic rings. The third kappa shape index (κ3) is 4.87. The van der Waals surface area contributed by atoms with Crippen LogP contribution in [0.4, 0.5) is 4.79 Å². The van der Waals surface area contributed by atoms with Gasteiger partial charge in [0.1, 0.15) is 0 Å². The number of carbonyl (C=O) groups is 2. The molecule has 0 unspecified atom stereocenters. The molecule has 2 aromatic heterocycles. The second-order valence-corrected chi connectivity index (χ2v) is 6.93. The summed E-state index contributed by atoms with van der Waals surface area (Å²) in [5.41, 5.74) is 1.63. The summed E-state index contributed by atoms with van der Waals surface area (Å²) in [6, 6.07) is 10.3. The van der Waals surface area contributed by atoms with E-state index in [1.807, 2.05) is 28.8 Å². The number of nitrogens with zero attached hydrogens (tertiary/aromatic N) is 4. The Balaban J connectivity index is 1.87. The van der Waals surface area contributed by atoms with Gasteiger partial charge in [-0.25, -0.2) is 4.79 Å². The molecule has 144 valence electrons. The number of nitrogens with one attached hydrogen (secondary N) is 2. The molecular weight excluding hydrogens is 400 g/mol. The molecule has 2 heterocycles. The normalized spacial score (nSPS) is 10.5. The number of hydrogen-bond donors (Lipinski definition) is 2. The van der Waals surface area contributed by atoms with E-state index in [0.29, 0.717) is 22.5 Å². The highest BCUT2D eigenvalue weighted by molar-refractivity contribution is 7.99. The first kappa shape index (κ1) is 19.8. The van der Waals surface area contributed by atoms with Gasteiger partial charge in [-0.1, -0.05) is 23.4 Å². The minimum Gasteiger partial charge on any atom is -0.338 e. The molecule has 0 aliphatic heterocycles. The van der Waals surface area contributed by atoms with Crippen LogP contribution in [0.5, 0.6) is 0 Å². The fourth-order valence-corrected chi connectivity index (χ4v) is 3.25. The number of rotatable bonds is 6. The van der Waals surface area contributed by atoms with E-state index in [1.54, 1.807) is 31.5 Å². The summed E-state index contributed by atoms with van der Waals surface area (Å²) in [6.07, 6.45) is 3.34. The molecule has 28 heavy (non-hydrogen) atoms. The lowest BCUT2D eigenvalue weighted by Gasteiger charge is -2.10. The van der Waals surface area contributed by atoms with E-state index in [4.69, 9.17) is 11.6 Å². The Hall–Kier alpha value is -2.91. The van der Waals surface area contributed by atoms with Gasteiger partial charge >= 0.3 is 6.03 Å². The molecule has 2 N–H and O–H groups in total. The van der Waals surface area contributed by atoms with Crippen LogP contribution in [0.15, 0.2) is 53.9 Å². The van der Waals surface area contributed by atoms with Gasteiger partial charge in [0.25, 0.3) is 0 Å². The fraction of sp³-hybridized carbons (Fsp3) is 0.167. The van der Waals surface area contributed by atoms with Crippen molar-refractivity contribution in [1.29, 1.82) is 0 Å². The molecule has 0 saturated carbocycles. The van der Waals surface area contributed by atoms with Crippen molar-refractivity contribution in [2.24, 2.45) is 0 Å². The maximum absolute atomic E-state index is 12.0. The highest BCUT2D eigenvalue weighted by Gasteiger charge is 2.18. The van der Waals surface area contributed by atoms with Gasteiger partial charge in [-0.15, -0.1) is 10.2 Å². The van der Waals surface area contributed by atoms with Crippen molar-refractivity contribution in [2.45, 2.75) is 12.1 Å². The van der Waals surface area contributed by atoms with Crippen molar-refractivity contribution < 1.29 is 9.59 Å². The lowest BCUT2D eigenvalue weighted by atomic mass is 10.2. The lowest BCUT2D eigenvalue weighted by Crippen LogP contribution is -2.40. The van der Waals surface area contributed by atoms with Crippen molar-refractivity contribution >= 4 is 35.3 Å². The second kappa shape index (κ2) is 9.34. The summed E-state index contributed by atoms with van der Waals surface area (Å²) in [5.74, 6) is 0.197. The van der Waals surface area contributed by atoms with E-state index in [1.165, 1.54) is 11.8 Å². The van der Waals surface area contributed by atoms with Crippen molar-refractivity contribution in [1.82, 2.24) is 30.4 Å². The molecule has 10 heteroatoms. The summed E-state index contributed by atoms with van der Waals surface area (Å²) >= 11 is 7.18. The van der Waals surface area contributed by atoms with E-state index in [2.05, 4.69) is 25.8 Å². The van der Waals surface area contributed by atoms with Gasteiger partial charge in [0.2, 0.25) is 5.91 Å². The van der Waals surface area contributed by atoms with Gasteiger partial charge in [-0.05, 0) is 43.3 Å². The first-order valence-corrected chi connectivity index (χ1v) is 9.77. The number of aromatic nitrogens is 4. The Morgan fingerprint density at radius 3 is 2.50 bits per heavy atom. The number of benzene rings is 1. The molecule has 1 aromatic carbocycles. The number of pyridine rings is 1. The van der Waals surface area contributed by atoms with Crippen LogP contribution >= 0.6 is 23.4 Å². The van der Waals surface area contributed by atoms with Crippen molar-refractivity contribution in [3.63, 3.8) is 0 Å². The van der Waals surface area contributed by atoms with Crippen molar-refractivity contribution in [2.75, 3.05) is 12.3 Å². The first-order valence-electron chi connectivity index (χ1n) is 8.40. The quantitative estimate of drug-likeness (QED) is 0.599. The third-order valence-electron chi connectivity index (χ3n) is 3.58. The highest BCUT2D eigenvalue weighted by atomic mass is 35.5. The first-order chi connectivity index (χ1) is 13.6. The van der Waals surface area contributed by atoms with Crippen LogP contribution in [0.25, 0.3) is 17.1 Å². The van der Waals surface area contributed by atoms with E-state index < -0.39 is 11.9 Å². The topological polar surface area (TPSA) is 102 Å². The van der Waals surface area contributed by atoms with Gasteiger partial charge in [0.05, 0.1) is 5.75 Å². The highest BCUT2D eigenvalue weighted by Crippen LogP contribution is 2.28.